The predicted octanol–water partition coefficient (Wildman–Crippen LogP) is 12.0. The number of hydrogen-bond donors (Lipinski definition) is 0. The van der Waals surface area contributed by atoms with Crippen LogP contribution >= 0.6 is 11.3 Å². The molecule has 0 N–H and O–H groups in total. The highest BCUT2D eigenvalue weighted by Gasteiger charge is 2.19. The van der Waals surface area contributed by atoms with Gasteiger partial charge in [0, 0.05) is 47.6 Å². The second kappa shape index (κ2) is 10.7. The van der Waals surface area contributed by atoms with Crippen LogP contribution in [0.15, 0.2) is 156 Å². The Hall–Kier alpha value is -6.17. The maximum Gasteiger partial charge on any atom is 0.165 e. The van der Waals surface area contributed by atoms with Crippen LogP contribution in [0.4, 0.5) is 0 Å². The van der Waals surface area contributed by atoms with Gasteiger partial charge in [0.1, 0.15) is 11.2 Å². The zero-order chi connectivity index (χ0) is 31.6. The zero-order valence-corrected chi connectivity index (χ0v) is 26.4. The van der Waals surface area contributed by atoms with Crippen LogP contribution in [-0.2, 0) is 0 Å². The number of benzene rings is 7. The maximum atomic E-state index is 6.26. The summed E-state index contributed by atoms with van der Waals surface area (Å²) < 4.78 is 8.67. The van der Waals surface area contributed by atoms with Crippen molar-refractivity contribution >= 4 is 64.2 Å². The van der Waals surface area contributed by atoms with Crippen molar-refractivity contribution in [1.29, 1.82) is 0 Å². The highest BCUT2D eigenvalue weighted by atomic mass is 32.1. The second-order valence-electron chi connectivity index (χ2n) is 12.0. The number of nitrogens with zero attached hydrogens (tertiary/aromatic N) is 3. The Bertz CT molecular complexity index is 2850. The normalized spacial score (nSPS) is 11.8. The van der Waals surface area contributed by atoms with Gasteiger partial charge in [-0.25, -0.2) is 15.0 Å². The molecule has 10 rings (SSSR count). The van der Waals surface area contributed by atoms with Crippen molar-refractivity contribution in [2.45, 2.75) is 0 Å². The Labute approximate surface area is 279 Å². The van der Waals surface area contributed by atoms with Crippen LogP contribution in [0.2, 0.25) is 0 Å². The fraction of sp³-hybridized carbons (Fsp3) is 0. The summed E-state index contributed by atoms with van der Waals surface area (Å²) in [6.07, 6.45) is 0. The van der Waals surface area contributed by atoms with E-state index in [1.54, 1.807) is 11.3 Å². The summed E-state index contributed by atoms with van der Waals surface area (Å²) in [5.74, 6) is 1.89. The van der Waals surface area contributed by atoms with E-state index in [0.717, 1.165) is 49.4 Å². The maximum absolute atomic E-state index is 6.26. The highest BCUT2D eigenvalue weighted by Crippen LogP contribution is 2.41. The fourth-order valence-corrected chi connectivity index (χ4v) is 8.04. The summed E-state index contributed by atoms with van der Waals surface area (Å²) in [6.45, 7) is 0. The smallest absolute Gasteiger partial charge is 0.165 e. The molecule has 0 saturated carbocycles. The zero-order valence-electron chi connectivity index (χ0n) is 25.6. The third-order valence-corrected chi connectivity index (χ3v) is 10.3. The Morgan fingerprint density at radius 3 is 1.96 bits per heavy atom. The van der Waals surface area contributed by atoms with Crippen LogP contribution in [0.3, 0.4) is 0 Å². The van der Waals surface area contributed by atoms with Gasteiger partial charge in [0.15, 0.2) is 17.5 Å². The summed E-state index contributed by atoms with van der Waals surface area (Å²) in [4.78, 5) is 15.6. The molecule has 224 valence electrons. The van der Waals surface area contributed by atoms with Crippen LogP contribution in [-0.4, -0.2) is 15.0 Å². The van der Waals surface area contributed by atoms with E-state index in [2.05, 4.69) is 115 Å². The Morgan fingerprint density at radius 1 is 0.417 bits per heavy atom. The number of thiophene rings is 1. The third kappa shape index (κ3) is 4.33. The van der Waals surface area contributed by atoms with Crippen LogP contribution in [0.5, 0.6) is 0 Å². The first-order chi connectivity index (χ1) is 23.8. The molecular formula is C43H25N3OS. The molecule has 4 nitrogen and oxygen atoms in total. The minimum Gasteiger partial charge on any atom is -0.456 e. The lowest BCUT2D eigenvalue weighted by molar-refractivity contribution is 0.669. The molecule has 0 aliphatic rings. The molecule has 7 aromatic carbocycles. The first kappa shape index (κ1) is 27.0. The van der Waals surface area contributed by atoms with E-state index in [9.17, 15) is 0 Å². The van der Waals surface area contributed by atoms with Crippen molar-refractivity contribution in [3.05, 3.63) is 152 Å². The van der Waals surface area contributed by atoms with E-state index < -0.39 is 0 Å². The van der Waals surface area contributed by atoms with E-state index in [4.69, 9.17) is 19.4 Å². The van der Waals surface area contributed by atoms with Gasteiger partial charge in [0.25, 0.3) is 0 Å². The molecule has 0 aliphatic carbocycles. The van der Waals surface area contributed by atoms with Gasteiger partial charge >= 0.3 is 0 Å². The SMILES string of the molecule is c1ccc(-c2ccc3ccc(-c4nc(-c5cccc6c5sc5ccccc56)nc(-c5cccc6oc7ccccc7c56)n4)cc3c2)cc1. The molecule has 0 aliphatic heterocycles. The van der Waals surface area contributed by atoms with Gasteiger partial charge < -0.3 is 4.42 Å². The molecule has 0 saturated heterocycles. The van der Waals surface area contributed by atoms with Crippen molar-refractivity contribution in [3.63, 3.8) is 0 Å². The Balaban J connectivity index is 1.23. The predicted molar refractivity (Wildman–Crippen MR) is 199 cm³/mol. The van der Waals surface area contributed by atoms with Gasteiger partial charge in [-0.15, -0.1) is 11.3 Å². The lowest BCUT2D eigenvalue weighted by Gasteiger charge is -2.11. The summed E-state index contributed by atoms with van der Waals surface area (Å²) in [7, 11) is 0. The van der Waals surface area contributed by atoms with Crippen molar-refractivity contribution in [2.75, 3.05) is 0 Å². The summed E-state index contributed by atoms with van der Waals surface area (Å²) >= 11 is 1.78. The van der Waals surface area contributed by atoms with Crippen LogP contribution in [0, 0.1) is 0 Å². The fourth-order valence-electron chi connectivity index (χ4n) is 6.83. The van der Waals surface area contributed by atoms with E-state index in [1.165, 1.54) is 31.3 Å². The average molecular weight is 632 g/mol. The lowest BCUT2D eigenvalue weighted by Crippen LogP contribution is -2.00. The van der Waals surface area contributed by atoms with Crippen LogP contribution in [0.1, 0.15) is 0 Å². The van der Waals surface area contributed by atoms with Gasteiger partial charge in [-0.2, -0.15) is 0 Å². The number of rotatable bonds is 4. The van der Waals surface area contributed by atoms with E-state index >= 15 is 0 Å². The molecule has 0 amide bonds. The standard InChI is InChI=1S/C43H25N3OS/c1-2-10-26(11-3-1)28-22-20-27-21-23-29(25-30(27)24-28)41-44-42(34-15-9-18-37-39(34)33-13-4-6-17-36(33)47-37)46-43(45-41)35-16-8-14-32-31-12-5-7-19-38(31)48-40(32)35/h1-25H. The third-order valence-electron chi connectivity index (χ3n) is 9.13. The number of hydrogen-bond acceptors (Lipinski definition) is 5. The molecule has 0 spiro atoms. The number of aromatic nitrogens is 3. The van der Waals surface area contributed by atoms with Gasteiger partial charge in [0.2, 0.25) is 0 Å². The molecule has 48 heavy (non-hydrogen) atoms. The monoisotopic (exact) mass is 631 g/mol. The minimum atomic E-state index is 0.614. The topological polar surface area (TPSA) is 51.8 Å². The van der Waals surface area contributed by atoms with Gasteiger partial charge in [-0.3, -0.25) is 0 Å². The second-order valence-corrected chi connectivity index (χ2v) is 13.1. The first-order valence-electron chi connectivity index (χ1n) is 15.9. The Kier molecular flexibility index (Phi) is 6.01. The van der Waals surface area contributed by atoms with Crippen molar-refractivity contribution in [1.82, 2.24) is 15.0 Å². The van der Waals surface area contributed by atoms with Gasteiger partial charge in [-0.1, -0.05) is 115 Å². The summed E-state index contributed by atoms with van der Waals surface area (Å²) in [5.41, 5.74) is 6.85. The van der Waals surface area contributed by atoms with E-state index in [-0.39, 0.29) is 0 Å². The molecule has 0 atom stereocenters. The molecule has 3 aromatic heterocycles. The van der Waals surface area contributed by atoms with E-state index in [0.29, 0.717) is 17.5 Å². The molecule has 0 bridgehead atoms. The van der Waals surface area contributed by atoms with Crippen molar-refractivity contribution in [2.24, 2.45) is 0 Å². The highest BCUT2D eigenvalue weighted by molar-refractivity contribution is 7.26. The van der Waals surface area contributed by atoms with Crippen molar-refractivity contribution in [3.8, 4) is 45.3 Å². The minimum absolute atomic E-state index is 0.614. The largest absolute Gasteiger partial charge is 0.456 e. The quantitative estimate of drug-likeness (QED) is 0.194. The molecule has 0 fully saturated rings. The van der Waals surface area contributed by atoms with Gasteiger partial charge in [-0.05, 0) is 58.3 Å². The van der Waals surface area contributed by atoms with Gasteiger partial charge in [0.05, 0.1) is 0 Å². The molecule has 0 radical (unpaired) electrons. The molecule has 3 heterocycles. The van der Waals surface area contributed by atoms with Crippen LogP contribution < -0.4 is 0 Å². The average Bonchev–Trinajstić information content (AvgIpc) is 3.73. The van der Waals surface area contributed by atoms with Crippen LogP contribution in [0.25, 0.3) is 98.2 Å². The molecular weight excluding hydrogens is 607 g/mol. The summed E-state index contributed by atoms with van der Waals surface area (Å²) in [6, 6.07) is 52.8. The number of para-hydroxylation sites is 1. The molecule has 5 heteroatoms. The number of fused-ring (bicyclic) bond motifs is 7. The molecule has 0 unspecified atom stereocenters. The lowest BCUT2D eigenvalue weighted by atomic mass is 9.99. The van der Waals surface area contributed by atoms with Crippen molar-refractivity contribution < 1.29 is 4.42 Å². The van der Waals surface area contributed by atoms with E-state index in [1.807, 2.05) is 36.4 Å². The summed E-state index contributed by atoms with van der Waals surface area (Å²) in [5, 5.41) is 6.79. The molecule has 10 aromatic rings. The Morgan fingerprint density at radius 2 is 1.06 bits per heavy atom. The first-order valence-corrected chi connectivity index (χ1v) is 16.8. The number of furan rings is 1.